The van der Waals surface area contributed by atoms with E-state index in [1.165, 1.54) is 12.1 Å². The van der Waals surface area contributed by atoms with Gasteiger partial charge in [-0.2, -0.15) is 0 Å². The Hall–Kier alpha value is -3.28. The fourth-order valence-electron chi connectivity index (χ4n) is 1.99. The number of nitro benzene ring substituents is 1. The van der Waals surface area contributed by atoms with E-state index in [-0.39, 0.29) is 5.69 Å². The van der Waals surface area contributed by atoms with Gasteiger partial charge in [0.05, 0.1) is 21.7 Å². The number of allylic oxidation sites excluding steroid dienone is 2. The van der Waals surface area contributed by atoms with Gasteiger partial charge in [0.2, 0.25) is 0 Å². The average molecular weight is 292 g/mol. The number of pyridine rings is 1. The highest BCUT2D eigenvalue weighted by Crippen LogP contribution is 2.19. The summed E-state index contributed by atoms with van der Waals surface area (Å²) in [5.41, 5.74) is 2.25. The lowest BCUT2D eigenvalue weighted by molar-refractivity contribution is -0.384. The molecule has 0 bridgehead atoms. The first-order valence-electron chi connectivity index (χ1n) is 6.62. The molecule has 2 aromatic heterocycles. The molecule has 22 heavy (non-hydrogen) atoms. The molecule has 0 aliphatic carbocycles. The summed E-state index contributed by atoms with van der Waals surface area (Å²) in [6.45, 7) is 0. The van der Waals surface area contributed by atoms with E-state index in [0.29, 0.717) is 16.9 Å². The monoisotopic (exact) mass is 292 g/mol. The Balaban J connectivity index is 1.77. The summed E-state index contributed by atoms with van der Waals surface area (Å²) in [7, 11) is 0. The van der Waals surface area contributed by atoms with Gasteiger partial charge in [-0.1, -0.05) is 18.2 Å². The van der Waals surface area contributed by atoms with Crippen LogP contribution in [0.1, 0.15) is 11.5 Å². The summed E-state index contributed by atoms with van der Waals surface area (Å²) >= 11 is 0. The topological polar surface area (TPSA) is 84.7 Å². The number of fused-ring (bicyclic) bond motifs is 1. The number of imidazole rings is 1. The molecule has 0 aliphatic rings. The standard InChI is InChI=1S/C16H12N4O2/c21-20(22)13-8-9-14-15(11-13)19-16(18-14)7-2-1-5-12-6-3-4-10-17-12/h1-11H,(H,18,19)/b5-1+,7-2+. The first kappa shape index (κ1) is 13.7. The largest absolute Gasteiger partial charge is 0.338 e. The minimum Gasteiger partial charge on any atom is -0.338 e. The highest BCUT2D eigenvalue weighted by Gasteiger charge is 2.08. The maximum Gasteiger partial charge on any atom is 0.271 e. The molecule has 0 radical (unpaired) electrons. The molecular weight excluding hydrogens is 280 g/mol. The average Bonchev–Trinajstić information content (AvgIpc) is 2.94. The van der Waals surface area contributed by atoms with E-state index in [2.05, 4.69) is 15.0 Å². The predicted molar refractivity (Wildman–Crippen MR) is 85.1 cm³/mol. The molecule has 1 N–H and O–H groups in total. The van der Waals surface area contributed by atoms with Crippen LogP contribution in [0.5, 0.6) is 0 Å². The summed E-state index contributed by atoms with van der Waals surface area (Å²) in [6, 6.07) is 10.2. The number of hydrogen-bond acceptors (Lipinski definition) is 4. The number of nitrogens with one attached hydrogen (secondary N) is 1. The molecule has 0 unspecified atom stereocenters. The van der Waals surface area contributed by atoms with Crippen LogP contribution in [0.4, 0.5) is 5.69 Å². The van der Waals surface area contributed by atoms with Gasteiger partial charge in [-0.05, 0) is 30.4 Å². The molecule has 0 saturated carbocycles. The molecular formula is C16H12N4O2. The molecule has 6 nitrogen and oxygen atoms in total. The van der Waals surface area contributed by atoms with Crippen molar-refractivity contribution in [3.05, 3.63) is 76.4 Å². The van der Waals surface area contributed by atoms with Gasteiger partial charge in [-0.3, -0.25) is 15.1 Å². The Morgan fingerprint density at radius 1 is 1.14 bits per heavy atom. The van der Waals surface area contributed by atoms with Crippen LogP contribution >= 0.6 is 0 Å². The van der Waals surface area contributed by atoms with E-state index in [9.17, 15) is 10.1 Å². The minimum absolute atomic E-state index is 0.0433. The second-order valence-electron chi connectivity index (χ2n) is 4.55. The van der Waals surface area contributed by atoms with Crippen molar-refractivity contribution in [3.8, 4) is 0 Å². The summed E-state index contributed by atoms with van der Waals surface area (Å²) in [5.74, 6) is 0.640. The van der Waals surface area contributed by atoms with E-state index in [1.54, 1.807) is 18.3 Å². The first-order chi connectivity index (χ1) is 10.7. The van der Waals surface area contributed by atoms with Gasteiger partial charge in [0.15, 0.2) is 0 Å². The Morgan fingerprint density at radius 2 is 2.00 bits per heavy atom. The third kappa shape index (κ3) is 3.06. The van der Waals surface area contributed by atoms with Crippen molar-refractivity contribution in [1.29, 1.82) is 0 Å². The van der Waals surface area contributed by atoms with Crippen molar-refractivity contribution < 1.29 is 4.92 Å². The van der Waals surface area contributed by atoms with Crippen LogP contribution in [0.15, 0.2) is 54.7 Å². The van der Waals surface area contributed by atoms with Crippen molar-refractivity contribution in [2.24, 2.45) is 0 Å². The normalized spacial score (nSPS) is 11.6. The molecule has 108 valence electrons. The molecule has 1 aromatic carbocycles. The number of hydrogen-bond donors (Lipinski definition) is 1. The molecule has 0 aliphatic heterocycles. The van der Waals surface area contributed by atoms with Crippen molar-refractivity contribution in [2.45, 2.75) is 0 Å². The van der Waals surface area contributed by atoms with Crippen molar-refractivity contribution in [1.82, 2.24) is 15.0 Å². The maximum absolute atomic E-state index is 10.7. The zero-order chi connectivity index (χ0) is 15.4. The molecule has 0 saturated heterocycles. The lowest BCUT2D eigenvalue weighted by atomic mass is 10.3. The van der Waals surface area contributed by atoms with Crippen LogP contribution in [-0.4, -0.2) is 19.9 Å². The number of H-pyrrole nitrogens is 1. The van der Waals surface area contributed by atoms with Gasteiger partial charge < -0.3 is 4.98 Å². The molecule has 3 rings (SSSR count). The number of aromatic amines is 1. The molecule has 0 fully saturated rings. The quantitative estimate of drug-likeness (QED) is 0.452. The van der Waals surface area contributed by atoms with Crippen molar-refractivity contribution in [2.75, 3.05) is 0 Å². The lowest BCUT2D eigenvalue weighted by Crippen LogP contribution is -1.86. The van der Waals surface area contributed by atoms with Crippen molar-refractivity contribution >= 4 is 28.9 Å². The number of rotatable bonds is 4. The van der Waals surface area contributed by atoms with Crippen LogP contribution in [0.25, 0.3) is 23.2 Å². The molecule has 3 aromatic rings. The minimum atomic E-state index is -0.425. The number of benzene rings is 1. The van der Waals surface area contributed by atoms with Gasteiger partial charge in [-0.25, -0.2) is 4.98 Å². The van der Waals surface area contributed by atoms with Gasteiger partial charge in [0.25, 0.3) is 5.69 Å². The van der Waals surface area contributed by atoms with Crippen molar-refractivity contribution in [3.63, 3.8) is 0 Å². The van der Waals surface area contributed by atoms with E-state index >= 15 is 0 Å². The fraction of sp³-hybridized carbons (Fsp3) is 0. The van der Waals surface area contributed by atoms with Crippen LogP contribution in [0.2, 0.25) is 0 Å². The number of aromatic nitrogens is 3. The molecule has 0 atom stereocenters. The van der Waals surface area contributed by atoms with Crippen LogP contribution in [-0.2, 0) is 0 Å². The number of nitro groups is 1. The van der Waals surface area contributed by atoms with Gasteiger partial charge in [0, 0.05) is 18.3 Å². The predicted octanol–water partition coefficient (Wildman–Crippen LogP) is 3.59. The van der Waals surface area contributed by atoms with Gasteiger partial charge in [-0.15, -0.1) is 0 Å². The Bertz CT molecular complexity index is 866. The Morgan fingerprint density at radius 3 is 2.77 bits per heavy atom. The lowest BCUT2D eigenvalue weighted by Gasteiger charge is -1.89. The number of nitrogens with zero attached hydrogens (tertiary/aromatic N) is 3. The highest BCUT2D eigenvalue weighted by atomic mass is 16.6. The third-order valence-corrected chi connectivity index (χ3v) is 3.01. The highest BCUT2D eigenvalue weighted by molar-refractivity contribution is 5.79. The Kier molecular flexibility index (Phi) is 3.74. The van der Waals surface area contributed by atoms with E-state index in [1.807, 2.05) is 36.4 Å². The van der Waals surface area contributed by atoms with Crippen LogP contribution < -0.4 is 0 Å². The molecule has 0 spiro atoms. The summed E-state index contributed by atoms with van der Waals surface area (Å²) in [4.78, 5) is 21.9. The zero-order valence-electron chi connectivity index (χ0n) is 11.5. The summed E-state index contributed by atoms with van der Waals surface area (Å²) in [5, 5.41) is 10.7. The third-order valence-electron chi connectivity index (χ3n) is 3.01. The molecule has 0 amide bonds. The van der Waals surface area contributed by atoms with E-state index in [0.717, 1.165) is 5.69 Å². The smallest absolute Gasteiger partial charge is 0.271 e. The maximum atomic E-state index is 10.7. The Labute approximate surface area is 126 Å². The number of non-ortho nitro benzene ring substituents is 1. The first-order valence-corrected chi connectivity index (χ1v) is 6.62. The van der Waals surface area contributed by atoms with Crippen LogP contribution in [0.3, 0.4) is 0 Å². The molecule has 6 heteroatoms. The summed E-state index contributed by atoms with van der Waals surface area (Å²) < 4.78 is 0. The SMILES string of the molecule is O=[N+]([O-])c1ccc2nc(/C=C/C=C/c3ccccn3)[nH]c2c1. The van der Waals surface area contributed by atoms with E-state index in [4.69, 9.17) is 0 Å². The molecule has 2 heterocycles. The summed E-state index contributed by atoms with van der Waals surface area (Å²) in [6.07, 6.45) is 9.10. The second kappa shape index (κ2) is 6.01. The van der Waals surface area contributed by atoms with Gasteiger partial charge >= 0.3 is 0 Å². The van der Waals surface area contributed by atoms with E-state index < -0.39 is 4.92 Å². The van der Waals surface area contributed by atoms with Gasteiger partial charge in [0.1, 0.15) is 5.82 Å². The fourth-order valence-corrected chi connectivity index (χ4v) is 1.99. The second-order valence-corrected chi connectivity index (χ2v) is 4.55. The van der Waals surface area contributed by atoms with Crippen LogP contribution in [0, 0.1) is 10.1 Å². The zero-order valence-corrected chi connectivity index (χ0v) is 11.5.